The molecule has 0 bridgehead atoms. The maximum Gasteiger partial charge on any atom is 0.567 e. The first-order valence-electron chi connectivity index (χ1n) is 7.09. The molecule has 0 aromatic rings. The van der Waals surface area contributed by atoms with Crippen LogP contribution in [0.2, 0.25) is 0 Å². The Balaban J connectivity index is 0. The van der Waals surface area contributed by atoms with Gasteiger partial charge in [0.2, 0.25) is 0 Å². The molecule has 0 unspecified atom stereocenters. The molecule has 0 aromatic heterocycles. The molecule has 1 rings (SSSR count). The third kappa shape index (κ3) is 12.9. The number of halogens is 2. The summed E-state index contributed by atoms with van der Waals surface area (Å²) in [4.78, 5) is 0. The SMILES string of the molecule is CCCC[N+]1(C)CCCC1.N#CB(F)C#N.N#CB(F)C#N. The molecule has 0 spiro atoms. The van der Waals surface area contributed by atoms with Crippen LogP contribution in [0.4, 0.5) is 8.63 Å². The molecule has 1 aliphatic heterocycles. The standard InChI is InChI=1S/C9H20N.2C2BFN2/c1-3-4-7-10(2)8-5-6-9-10;2*4-3(1-5)2-6/h3-9H2,1-2H3;;/q+1;;. The Labute approximate surface area is 132 Å². The van der Waals surface area contributed by atoms with Gasteiger partial charge in [0.1, 0.15) is 0 Å². The molecule has 1 saturated heterocycles. The van der Waals surface area contributed by atoms with E-state index >= 15 is 0 Å². The normalized spacial score (nSPS) is 13.5. The van der Waals surface area contributed by atoms with Gasteiger partial charge in [-0.2, -0.15) is 0 Å². The van der Waals surface area contributed by atoms with Gasteiger partial charge in [0.15, 0.2) is 0 Å². The van der Waals surface area contributed by atoms with Gasteiger partial charge >= 0.3 is 14.0 Å². The van der Waals surface area contributed by atoms with E-state index in [1.165, 1.54) is 49.8 Å². The van der Waals surface area contributed by atoms with Gasteiger partial charge in [0.25, 0.3) is 0 Å². The highest BCUT2D eigenvalue weighted by Crippen LogP contribution is 2.16. The first kappa shape index (κ1) is 22.2. The van der Waals surface area contributed by atoms with Gasteiger partial charge in [-0.3, -0.25) is 8.63 Å². The van der Waals surface area contributed by atoms with E-state index in [9.17, 15) is 8.63 Å². The zero-order valence-corrected chi connectivity index (χ0v) is 13.1. The minimum atomic E-state index is -1.95. The molecule has 0 saturated carbocycles. The Morgan fingerprint density at radius 1 is 0.909 bits per heavy atom. The van der Waals surface area contributed by atoms with Crippen molar-refractivity contribution in [3.8, 4) is 23.9 Å². The fraction of sp³-hybridized carbons (Fsp3) is 0.692. The Morgan fingerprint density at radius 2 is 1.27 bits per heavy atom. The predicted octanol–water partition coefficient (Wildman–Crippen LogP) is 2.17. The van der Waals surface area contributed by atoms with Gasteiger partial charge in [0.05, 0.1) is 50.6 Å². The Morgan fingerprint density at radius 3 is 1.50 bits per heavy atom. The summed E-state index contributed by atoms with van der Waals surface area (Å²) in [5.74, 6) is 4.35. The quantitative estimate of drug-likeness (QED) is 0.589. The third-order valence-electron chi connectivity index (χ3n) is 3.15. The molecule has 0 aliphatic carbocycles. The minimum Gasteiger partial charge on any atom is -0.326 e. The Kier molecular flexibility index (Phi) is 14.0. The van der Waals surface area contributed by atoms with Crippen LogP contribution in [0.5, 0.6) is 0 Å². The molecule has 0 atom stereocenters. The lowest BCUT2D eigenvalue weighted by atomic mass is 9.78. The smallest absolute Gasteiger partial charge is 0.326 e. The monoisotopic (exact) mass is 306 g/mol. The average Bonchev–Trinajstić information content (AvgIpc) is 2.99. The van der Waals surface area contributed by atoms with Crippen LogP contribution < -0.4 is 0 Å². The number of hydrogen-bond acceptors (Lipinski definition) is 4. The van der Waals surface area contributed by atoms with Gasteiger partial charge in [0, 0.05) is 12.8 Å². The maximum atomic E-state index is 11.1. The summed E-state index contributed by atoms with van der Waals surface area (Å²) in [6, 6.07) is 0. The molecule has 0 aromatic carbocycles. The van der Waals surface area contributed by atoms with Crippen LogP contribution in [0.15, 0.2) is 0 Å². The molecule has 1 heterocycles. The molecule has 22 heavy (non-hydrogen) atoms. The number of quaternary nitrogens is 1. The van der Waals surface area contributed by atoms with Gasteiger partial charge in [-0.05, 0) is 6.42 Å². The summed E-state index contributed by atoms with van der Waals surface area (Å²) in [5.41, 5.74) is 0. The zero-order valence-electron chi connectivity index (χ0n) is 13.1. The van der Waals surface area contributed by atoms with Crippen LogP contribution in [0.25, 0.3) is 0 Å². The minimum absolute atomic E-state index is 1.09. The van der Waals surface area contributed by atoms with Crippen LogP contribution >= 0.6 is 0 Å². The predicted molar refractivity (Wildman–Crippen MR) is 81.1 cm³/mol. The number of nitriles is 4. The van der Waals surface area contributed by atoms with E-state index in [-0.39, 0.29) is 0 Å². The number of unbranched alkanes of at least 4 members (excludes halogenated alkanes) is 1. The van der Waals surface area contributed by atoms with E-state index in [0.29, 0.717) is 0 Å². The molecule has 0 radical (unpaired) electrons. The summed E-state index contributed by atoms with van der Waals surface area (Å²) in [7, 11) is 2.41. The van der Waals surface area contributed by atoms with Crippen molar-refractivity contribution >= 4 is 14.0 Å². The second kappa shape index (κ2) is 13.9. The lowest BCUT2D eigenvalue weighted by Gasteiger charge is -2.28. The van der Waals surface area contributed by atoms with Crippen molar-refractivity contribution in [2.45, 2.75) is 32.6 Å². The number of hydrogen-bond donors (Lipinski definition) is 0. The Bertz CT molecular complexity index is 397. The fourth-order valence-electron chi connectivity index (χ4n) is 1.92. The van der Waals surface area contributed by atoms with Crippen LogP contribution in [0.3, 0.4) is 0 Å². The molecule has 1 aliphatic rings. The molecule has 9 heteroatoms. The summed E-state index contributed by atoms with van der Waals surface area (Å²) < 4.78 is 23.6. The van der Waals surface area contributed by atoms with E-state index in [4.69, 9.17) is 21.0 Å². The van der Waals surface area contributed by atoms with Gasteiger partial charge in [-0.15, -0.1) is 0 Å². The van der Waals surface area contributed by atoms with E-state index in [0.717, 1.165) is 23.9 Å². The van der Waals surface area contributed by atoms with Crippen LogP contribution in [-0.2, 0) is 0 Å². The summed E-state index contributed by atoms with van der Waals surface area (Å²) >= 11 is 0. The van der Waals surface area contributed by atoms with E-state index in [1.807, 2.05) is 0 Å². The number of rotatable bonds is 3. The van der Waals surface area contributed by atoms with Gasteiger partial charge < -0.3 is 4.48 Å². The first-order valence-corrected chi connectivity index (χ1v) is 7.09. The van der Waals surface area contributed by atoms with E-state index in [1.54, 1.807) is 0 Å². The third-order valence-corrected chi connectivity index (χ3v) is 3.15. The molecule has 5 nitrogen and oxygen atoms in total. The van der Waals surface area contributed by atoms with Crippen molar-refractivity contribution in [3.05, 3.63) is 0 Å². The molecule has 116 valence electrons. The fourth-order valence-corrected chi connectivity index (χ4v) is 1.92. The topological polar surface area (TPSA) is 95.2 Å². The molecular weight excluding hydrogens is 286 g/mol. The van der Waals surface area contributed by atoms with Crippen molar-refractivity contribution in [3.63, 3.8) is 0 Å². The molecular formula is C13H20B2F2N5+. The highest BCUT2D eigenvalue weighted by Gasteiger charge is 2.25. The van der Waals surface area contributed by atoms with Crippen molar-refractivity contribution in [2.24, 2.45) is 0 Å². The Hall–Kier alpha value is -2.09. The van der Waals surface area contributed by atoms with E-state index in [2.05, 4.69) is 14.0 Å². The van der Waals surface area contributed by atoms with Gasteiger partial charge in [-0.25, -0.2) is 21.0 Å². The molecule has 1 fully saturated rings. The highest BCUT2D eigenvalue weighted by molar-refractivity contribution is 6.67. The number of nitrogens with zero attached hydrogens (tertiary/aromatic N) is 5. The van der Waals surface area contributed by atoms with Crippen molar-refractivity contribution in [1.29, 1.82) is 21.0 Å². The lowest BCUT2D eigenvalue weighted by Crippen LogP contribution is -2.41. The van der Waals surface area contributed by atoms with Gasteiger partial charge in [-0.1, -0.05) is 13.3 Å². The largest absolute Gasteiger partial charge is 0.567 e. The summed E-state index contributed by atoms with van der Waals surface area (Å²) in [6.07, 6.45) is 5.69. The second-order valence-electron chi connectivity index (χ2n) is 5.09. The number of likely N-dealkylation sites (tertiary alicyclic amines) is 1. The van der Waals surface area contributed by atoms with Crippen LogP contribution in [0.1, 0.15) is 32.6 Å². The van der Waals surface area contributed by atoms with E-state index < -0.39 is 14.0 Å². The van der Waals surface area contributed by atoms with Crippen LogP contribution in [-0.4, -0.2) is 45.1 Å². The van der Waals surface area contributed by atoms with Crippen molar-refractivity contribution in [1.82, 2.24) is 0 Å². The highest BCUT2D eigenvalue weighted by atomic mass is 19.1. The van der Waals surface area contributed by atoms with Crippen molar-refractivity contribution < 1.29 is 13.1 Å². The van der Waals surface area contributed by atoms with Crippen molar-refractivity contribution in [2.75, 3.05) is 26.7 Å². The summed E-state index contributed by atoms with van der Waals surface area (Å²) in [5, 5.41) is 29.9. The first-order chi connectivity index (χ1) is 10.4. The lowest BCUT2D eigenvalue weighted by molar-refractivity contribution is -0.897. The average molecular weight is 306 g/mol. The summed E-state index contributed by atoms with van der Waals surface area (Å²) in [6.45, 7) is 2.65. The van der Waals surface area contributed by atoms with Crippen LogP contribution in [0, 0.1) is 44.9 Å². The maximum absolute atomic E-state index is 11.1. The second-order valence-corrected chi connectivity index (χ2v) is 5.09. The zero-order chi connectivity index (χ0) is 17.4. The molecule has 0 N–H and O–H groups in total. The molecule has 0 amide bonds.